The van der Waals surface area contributed by atoms with Gasteiger partial charge >= 0.3 is 0 Å². The summed E-state index contributed by atoms with van der Waals surface area (Å²) in [5, 5.41) is 3.37. The SMILES string of the molecule is CCNC(=NCc1ccc(CN2CCCC2=O)cc1)N1CCN(C(=O)c2ccco2)CC1.I. The smallest absolute Gasteiger partial charge is 0.289 e. The maximum Gasteiger partial charge on any atom is 0.289 e. The van der Waals surface area contributed by atoms with E-state index in [1.807, 2.05) is 9.80 Å². The predicted octanol–water partition coefficient (Wildman–Crippen LogP) is 2.94. The Labute approximate surface area is 212 Å². The summed E-state index contributed by atoms with van der Waals surface area (Å²) >= 11 is 0. The van der Waals surface area contributed by atoms with Crippen LogP contribution < -0.4 is 5.32 Å². The van der Waals surface area contributed by atoms with E-state index in [-0.39, 0.29) is 35.8 Å². The van der Waals surface area contributed by atoms with Gasteiger partial charge in [0.25, 0.3) is 5.91 Å². The van der Waals surface area contributed by atoms with Gasteiger partial charge in [-0.05, 0) is 36.6 Å². The molecule has 0 bridgehead atoms. The van der Waals surface area contributed by atoms with Crippen molar-refractivity contribution in [2.45, 2.75) is 32.9 Å². The molecule has 2 saturated heterocycles. The highest BCUT2D eigenvalue weighted by molar-refractivity contribution is 14.0. The van der Waals surface area contributed by atoms with Gasteiger partial charge in [0.2, 0.25) is 5.91 Å². The Morgan fingerprint density at radius 2 is 1.73 bits per heavy atom. The minimum Gasteiger partial charge on any atom is -0.459 e. The van der Waals surface area contributed by atoms with Crippen molar-refractivity contribution in [1.29, 1.82) is 0 Å². The topological polar surface area (TPSA) is 81.4 Å². The standard InChI is InChI=1S/C24H31N5O3.HI/c1-2-25-24(28-14-12-27(13-15-28)23(31)21-5-4-16-32-21)26-17-19-7-9-20(10-8-19)18-29-11-3-6-22(29)30;/h4-5,7-10,16H,2-3,6,11-15,17-18H2,1H3,(H,25,26);1H. The van der Waals surface area contributed by atoms with E-state index in [9.17, 15) is 9.59 Å². The van der Waals surface area contributed by atoms with E-state index in [4.69, 9.17) is 9.41 Å². The van der Waals surface area contributed by atoms with Crippen molar-refractivity contribution in [3.63, 3.8) is 0 Å². The fourth-order valence-corrected chi connectivity index (χ4v) is 4.11. The van der Waals surface area contributed by atoms with Crippen LogP contribution in [0.1, 0.15) is 41.4 Å². The van der Waals surface area contributed by atoms with Gasteiger partial charge in [-0.2, -0.15) is 0 Å². The molecule has 1 aromatic heterocycles. The van der Waals surface area contributed by atoms with E-state index >= 15 is 0 Å². The van der Waals surface area contributed by atoms with Gasteiger partial charge in [-0.15, -0.1) is 24.0 Å². The molecule has 1 N–H and O–H groups in total. The first-order chi connectivity index (χ1) is 15.6. The second kappa shape index (κ2) is 12.1. The molecule has 1 aromatic carbocycles. The Morgan fingerprint density at radius 1 is 1.03 bits per heavy atom. The summed E-state index contributed by atoms with van der Waals surface area (Å²) < 4.78 is 5.24. The molecule has 9 heteroatoms. The van der Waals surface area contributed by atoms with E-state index in [1.165, 1.54) is 6.26 Å². The summed E-state index contributed by atoms with van der Waals surface area (Å²) in [5.74, 6) is 1.44. The van der Waals surface area contributed by atoms with Crippen molar-refractivity contribution in [1.82, 2.24) is 20.0 Å². The van der Waals surface area contributed by atoms with E-state index in [0.717, 1.165) is 49.7 Å². The molecule has 2 fully saturated rings. The number of hydrogen-bond donors (Lipinski definition) is 1. The second-order valence-corrected chi connectivity index (χ2v) is 8.16. The molecule has 2 aromatic rings. The van der Waals surface area contributed by atoms with Crippen LogP contribution in [-0.4, -0.2) is 71.7 Å². The number of rotatable bonds is 6. The van der Waals surface area contributed by atoms with Gasteiger partial charge in [0.15, 0.2) is 11.7 Å². The lowest BCUT2D eigenvalue weighted by atomic mass is 10.1. The molecular weight excluding hydrogens is 533 g/mol. The molecule has 2 aliphatic rings. The number of halogens is 1. The van der Waals surface area contributed by atoms with E-state index in [0.29, 0.717) is 38.4 Å². The predicted molar refractivity (Wildman–Crippen MR) is 138 cm³/mol. The lowest BCUT2D eigenvalue weighted by Gasteiger charge is -2.36. The van der Waals surface area contributed by atoms with E-state index < -0.39 is 0 Å². The van der Waals surface area contributed by atoms with Crippen LogP contribution in [0.3, 0.4) is 0 Å². The zero-order valence-electron chi connectivity index (χ0n) is 19.0. The number of carbonyl (C=O) groups excluding carboxylic acids is 2. The number of nitrogens with zero attached hydrogens (tertiary/aromatic N) is 4. The molecule has 0 atom stereocenters. The molecule has 8 nitrogen and oxygen atoms in total. The van der Waals surface area contributed by atoms with Crippen molar-refractivity contribution < 1.29 is 14.0 Å². The lowest BCUT2D eigenvalue weighted by Crippen LogP contribution is -2.53. The zero-order valence-corrected chi connectivity index (χ0v) is 21.4. The minimum absolute atomic E-state index is 0. The maximum absolute atomic E-state index is 12.5. The van der Waals surface area contributed by atoms with Gasteiger partial charge in [-0.3, -0.25) is 9.59 Å². The van der Waals surface area contributed by atoms with Gasteiger partial charge in [0, 0.05) is 52.2 Å². The first-order valence-corrected chi connectivity index (χ1v) is 11.4. The van der Waals surface area contributed by atoms with Crippen LogP contribution in [0.25, 0.3) is 0 Å². The van der Waals surface area contributed by atoms with Crippen LogP contribution in [0.4, 0.5) is 0 Å². The number of amides is 2. The number of guanidine groups is 1. The molecule has 178 valence electrons. The zero-order chi connectivity index (χ0) is 22.3. The van der Waals surface area contributed by atoms with Crippen molar-refractivity contribution in [3.8, 4) is 0 Å². The number of likely N-dealkylation sites (tertiary alicyclic amines) is 1. The van der Waals surface area contributed by atoms with Crippen molar-refractivity contribution in [3.05, 3.63) is 59.5 Å². The first kappa shape index (κ1) is 25.1. The maximum atomic E-state index is 12.5. The summed E-state index contributed by atoms with van der Waals surface area (Å²) in [6.45, 7) is 7.68. The third-order valence-corrected chi connectivity index (χ3v) is 5.91. The molecule has 3 heterocycles. The van der Waals surface area contributed by atoms with Gasteiger partial charge in [0.05, 0.1) is 12.8 Å². The molecule has 2 aliphatic heterocycles. The van der Waals surface area contributed by atoms with Gasteiger partial charge in [-0.25, -0.2) is 4.99 Å². The lowest BCUT2D eigenvalue weighted by molar-refractivity contribution is -0.128. The van der Waals surface area contributed by atoms with Crippen LogP contribution in [0.15, 0.2) is 52.1 Å². The quantitative estimate of drug-likeness (QED) is 0.331. The summed E-state index contributed by atoms with van der Waals surface area (Å²) in [6, 6.07) is 11.8. The summed E-state index contributed by atoms with van der Waals surface area (Å²) in [7, 11) is 0. The van der Waals surface area contributed by atoms with Crippen LogP contribution in [-0.2, 0) is 17.9 Å². The van der Waals surface area contributed by atoms with E-state index in [1.54, 1.807) is 12.1 Å². The number of hydrogen-bond acceptors (Lipinski definition) is 4. The Balaban J connectivity index is 0.00000306. The molecule has 33 heavy (non-hydrogen) atoms. The van der Waals surface area contributed by atoms with Crippen LogP contribution in [0, 0.1) is 0 Å². The number of piperazine rings is 1. The summed E-state index contributed by atoms with van der Waals surface area (Å²) in [4.78, 5) is 35.1. The summed E-state index contributed by atoms with van der Waals surface area (Å²) in [5.41, 5.74) is 2.28. The Bertz CT molecular complexity index is 938. The third kappa shape index (κ3) is 6.49. The number of benzene rings is 1. The Morgan fingerprint density at radius 3 is 2.33 bits per heavy atom. The fourth-order valence-electron chi connectivity index (χ4n) is 4.11. The van der Waals surface area contributed by atoms with Gasteiger partial charge in [-0.1, -0.05) is 24.3 Å². The summed E-state index contributed by atoms with van der Waals surface area (Å²) in [6.07, 6.45) is 3.16. The molecular formula is C24H32IN5O3. The average Bonchev–Trinajstić information content (AvgIpc) is 3.50. The van der Waals surface area contributed by atoms with Crippen LogP contribution >= 0.6 is 24.0 Å². The van der Waals surface area contributed by atoms with Crippen LogP contribution in [0.2, 0.25) is 0 Å². The minimum atomic E-state index is -0.0627. The number of nitrogens with one attached hydrogen (secondary N) is 1. The highest BCUT2D eigenvalue weighted by Crippen LogP contribution is 2.15. The van der Waals surface area contributed by atoms with Crippen molar-refractivity contribution in [2.24, 2.45) is 4.99 Å². The fraction of sp³-hybridized carbons (Fsp3) is 0.458. The Kier molecular flexibility index (Phi) is 9.16. The molecule has 0 unspecified atom stereocenters. The average molecular weight is 565 g/mol. The van der Waals surface area contributed by atoms with E-state index in [2.05, 4.69) is 41.4 Å². The normalized spacial score (nSPS) is 16.7. The third-order valence-electron chi connectivity index (χ3n) is 5.91. The molecule has 2 amide bonds. The van der Waals surface area contributed by atoms with Gasteiger partial charge < -0.3 is 24.4 Å². The second-order valence-electron chi connectivity index (χ2n) is 8.16. The highest BCUT2D eigenvalue weighted by Gasteiger charge is 2.25. The molecule has 0 radical (unpaired) electrons. The first-order valence-electron chi connectivity index (χ1n) is 11.4. The number of furan rings is 1. The molecule has 0 aliphatic carbocycles. The highest BCUT2D eigenvalue weighted by atomic mass is 127. The van der Waals surface area contributed by atoms with Crippen LogP contribution in [0.5, 0.6) is 0 Å². The van der Waals surface area contributed by atoms with Crippen molar-refractivity contribution >= 4 is 41.8 Å². The van der Waals surface area contributed by atoms with Crippen molar-refractivity contribution in [2.75, 3.05) is 39.3 Å². The monoisotopic (exact) mass is 565 g/mol. The number of aliphatic imine (C=N–C) groups is 1. The Hall–Kier alpha value is -2.56. The molecule has 0 saturated carbocycles. The van der Waals surface area contributed by atoms with Gasteiger partial charge in [0.1, 0.15) is 0 Å². The molecule has 4 rings (SSSR count). The molecule has 0 spiro atoms. The number of carbonyl (C=O) groups is 2. The largest absolute Gasteiger partial charge is 0.459 e.